The predicted octanol–water partition coefficient (Wildman–Crippen LogP) is 2.04. The molecule has 19 heavy (non-hydrogen) atoms. The van der Waals surface area contributed by atoms with E-state index in [1.807, 2.05) is 4.90 Å². The molecule has 1 saturated heterocycles. The van der Waals surface area contributed by atoms with Crippen molar-refractivity contribution in [3.8, 4) is 0 Å². The van der Waals surface area contributed by atoms with Crippen LogP contribution in [0.1, 0.15) is 36.0 Å². The maximum atomic E-state index is 12.4. The Bertz CT molecular complexity index is 392. The van der Waals surface area contributed by atoms with Crippen LogP contribution >= 0.6 is 24.8 Å². The first kappa shape index (κ1) is 18.2. The summed E-state index contributed by atoms with van der Waals surface area (Å²) >= 11 is 0. The van der Waals surface area contributed by atoms with Crippen molar-refractivity contribution in [3.05, 3.63) is 17.8 Å². The van der Waals surface area contributed by atoms with Gasteiger partial charge in [-0.05, 0) is 26.3 Å². The van der Waals surface area contributed by atoms with Crippen LogP contribution in [0, 0.1) is 6.92 Å². The van der Waals surface area contributed by atoms with E-state index in [2.05, 4.69) is 17.2 Å². The van der Waals surface area contributed by atoms with Gasteiger partial charge < -0.3 is 14.6 Å². The van der Waals surface area contributed by atoms with Gasteiger partial charge in [0, 0.05) is 19.1 Å². The van der Waals surface area contributed by atoms with Gasteiger partial charge in [-0.2, -0.15) is 0 Å². The zero-order valence-electron chi connectivity index (χ0n) is 11.2. The molecule has 1 fully saturated rings. The number of carbonyl (C=O) groups is 1. The molecule has 110 valence electrons. The summed E-state index contributed by atoms with van der Waals surface area (Å²) in [6.07, 6.45) is 3.30. The summed E-state index contributed by atoms with van der Waals surface area (Å²) in [6.45, 7) is 6.50. The molecule has 5 nitrogen and oxygen atoms in total. The minimum atomic E-state index is -0.0319. The third-order valence-corrected chi connectivity index (χ3v) is 3.14. The first-order valence-corrected chi connectivity index (χ1v) is 6.15. The van der Waals surface area contributed by atoms with Crippen LogP contribution in [0.15, 0.2) is 10.8 Å². The fourth-order valence-electron chi connectivity index (χ4n) is 2.23. The van der Waals surface area contributed by atoms with Crippen molar-refractivity contribution in [2.45, 2.75) is 32.7 Å². The number of amides is 1. The number of carbonyl (C=O) groups excluding carboxylic acids is 1. The third kappa shape index (κ3) is 4.09. The highest BCUT2D eigenvalue weighted by molar-refractivity contribution is 5.92. The number of nitrogens with one attached hydrogen (secondary N) is 1. The van der Waals surface area contributed by atoms with Crippen LogP contribution in [0.4, 0.5) is 0 Å². The van der Waals surface area contributed by atoms with Crippen molar-refractivity contribution in [2.75, 3.05) is 19.6 Å². The van der Waals surface area contributed by atoms with Gasteiger partial charge in [0.15, 0.2) is 6.39 Å². The lowest BCUT2D eigenvalue weighted by Gasteiger charge is -2.27. The van der Waals surface area contributed by atoms with Crippen LogP contribution in [-0.4, -0.2) is 41.5 Å². The molecule has 1 aliphatic heterocycles. The molecule has 1 N–H and O–H groups in total. The second-order valence-electron chi connectivity index (χ2n) is 4.41. The Hall–Kier alpha value is -0.780. The van der Waals surface area contributed by atoms with Crippen molar-refractivity contribution in [3.63, 3.8) is 0 Å². The largest absolute Gasteiger partial charge is 0.438 e. The minimum absolute atomic E-state index is 0. The molecule has 0 spiro atoms. The Morgan fingerprint density at radius 3 is 2.79 bits per heavy atom. The summed E-state index contributed by atoms with van der Waals surface area (Å²) in [5, 5.41) is 3.29. The molecule has 0 radical (unpaired) electrons. The van der Waals surface area contributed by atoms with E-state index in [9.17, 15) is 4.79 Å². The van der Waals surface area contributed by atoms with E-state index in [4.69, 9.17) is 4.42 Å². The van der Waals surface area contributed by atoms with Crippen molar-refractivity contribution in [1.82, 2.24) is 15.2 Å². The van der Waals surface area contributed by atoms with Crippen molar-refractivity contribution in [2.24, 2.45) is 0 Å². The molecule has 7 heteroatoms. The SMILES string of the molecule is CCCN(C(=O)c1ocnc1C)C1CCNC1.Cl.Cl. The average molecular weight is 310 g/mol. The van der Waals surface area contributed by atoms with Crippen molar-refractivity contribution < 1.29 is 9.21 Å². The van der Waals surface area contributed by atoms with Crippen LogP contribution in [0.3, 0.4) is 0 Å². The second kappa shape index (κ2) is 8.40. The molecule has 1 unspecified atom stereocenters. The van der Waals surface area contributed by atoms with Crippen molar-refractivity contribution in [1.29, 1.82) is 0 Å². The fraction of sp³-hybridized carbons (Fsp3) is 0.667. The molecule has 1 amide bonds. The van der Waals surface area contributed by atoms with E-state index in [1.165, 1.54) is 6.39 Å². The molecule has 0 aromatic carbocycles. The molecule has 1 aromatic heterocycles. The number of aromatic nitrogens is 1. The molecule has 0 bridgehead atoms. The monoisotopic (exact) mass is 309 g/mol. The van der Waals surface area contributed by atoms with Gasteiger partial charge in [-0.3, -0.25) is 4.79 Å². The lowest BCUT2D eigenvalue weighted by molar-refractivity contribution is 0.0658. The highest BCUT2D eigenvalue weighted by Gasteiger charge is 2.29. The topological polar surface area (TPSA) is 58.4 Å². The van der Waals surface area contributed by atoms with Gasteiger partial charge in [0.2, 0.25) is 5.76 Å². The van der Waals surface area contributed by atoms with E-state index < -0.39 is 0 Å². The molecular formula is C12H21Cl2N3O2. The van der Waals surface area contributed by atoms with Crippen LogP contribution in [0.5, 0.6) is 0 Å². The van der Waals surface area contributed by atoms with E-state index in [-0.39, 0.29) is 36.8 Å². The van der Waals surface area contributed by atoms with Gasteiger partial charge >= 0.3 is 0 Å². The van der Waals surface area contributed by atoms with E-state index in [1.54, 1.807) is 6.92 Å². The smallest absolute Gasteiger partial charge is 0.291 e. The molecule has 2 heterocycles. The van der Waals surface area contributed by atoms with E-state index in [0.717, 1.165) is 32.5 Å². The number of nitrogens with zero attached hydrogens (tertiary/aromatic N) is 2. The number of halogens is 2. The Morgan fingerprint density at radius 2 is 2.32 bits per heavy atom. The Labute approximate surface area is 126 Å². The normalized spacial score (nSPS) is 17.5. The Morgan fingerprint density at radius 1 is 1.58 bits per heavy atom. The molecule has 2 rings (SSSR count). The highest BCUT2D eigenvalue weighted by atomic mass is 35.5. The summed E-state index contributed by atoms with van der Waals surface area (Å²) in [4.78, 5) is 18.3. The lowest BCUT2D eigenvalue weighted by Crippen LogP contribution is -2.42. The number of aryl methyl sites for hydroxylation is 1. The number of oxazole rings is 1. The standard InChI is InChI=1S/C12H19N3O2.2ClH/c1-3-6-15(10-4-5-13-7-10)12(16)11-9(2)14-8-17-11;;/h8,10,13H,3-7H2,1-2H3;2*1H. The predicted molar refractivity (Wildman–Crippen MR) is 78.3 cm³/mol. The van der Waals surface area contributed by atoms with Crippen molar-refractivity contribution >= 4 is 30.7 Å². The number of hydrogen-bond donors (Lipinski definition) is 1. The summed E-state index contributed by atoms with van der Waals surface area (Å²) in [7, 11) is 0. The average Bonchev–Trinajstić information content (AvgIpc) is 2.95. The quantitative estimate of drug-likeness (QED) is 0.924. The van der Waals surface area contributed by atoms with Crippen LogP contribution in [0.25, 0.3) is 0 Å². The van der Waals surface area contributed by atoms with Gasteiger partial charge in [-0.1, -0.05) is 6.92 Å². The lowest BCUT2D eigenvalue weighted by atomic mass is 10.2. The Kier molecular flexibility index (Phi) is 8.06. The minimum Gasteiger partial charge on any atom is -0.438 e. The number of rotatable bonds is 4. The second-order valence-corrected chi connectivity index (χ2v) is 4.41. The zero-order chi connectivity index (χ0) is 12.3. The Balaban J connectivity index is 0.00000162. The summed E-state index contributed by atoms with van der Waals surface area (Å²) < 4.78 is 5.19. The highest BCUT2D eigenvalue weighted by Crippen LogP contribution is 2.15. The summed E-state index contributed by atoms with van der Waals surface area (Å²) in [6, 6.07) is 0.284. The summed E-state index contributed by atoms with van der Waals surface area (Å²) in [5.41, 5.74) is 0.669. The molecular weight excluding hydrogens is 289 g/mol. The van der Waals surface area contributed by atoms with Crippen LogP contribution in [0.2, 0.25) is 0 Å². The number of hydrogen-bond acceptors (Lipinski definition) is 4. The molecule has 1 aliphatic rings. The molecule has 1 aromatic rings. The van der Waals surface area contributed by atoms with Crippen LogP contribution < -0.4 is 5.32 Å². The zero-order valence-corrected chi connectivity index (χ0v) is 12.9. The van der Waals surface area contributed by atoms with E-state index >= 15 is 0 Å². The van der Waals surface area contributed by atoms with Gasteiger partial charge in [0.05, 0.1) is 5.69 Å². The van der Waals surface area contributed by atoms with Gasteiger partial charge in [0.1, 0.15) is 0 Å². The molecule has 0 aliphatic carbocycles. The van der Waals surface area contributed by atoms with Gasteiger partial charge in [-0.25, -0.2) is 4.98 Å². The van der Waals surface area contributed by atoms with Gasteiger partial charge in [0.25, 0.3) is 5.91 Å². The summed E-state index contributed by atoms with van der Waals surface area (Å²) in [5.74, 6) is 0.348. The molecule has 0 saturated carbocycles. The first-order valence-electron chi connectivity index (χ1n) is 6.15. The third-order valence-electron chi connectivity index (χ3n) is 3.14. The first-order chi connectivity index (χ1) is 8.24. The fourth-order valence-corrected chi connectivity index (χ4v) is 2.23. The van der Waals surface area contributed by atoms with Crippen LogP contribution in [-0.2, 0) is 0 Å². The van der Waals surface area contributed by atoms with Gasteiger partial charge in [-0.15, -0.1) is 24.8 Å². The molecule has 1 atom stereocenters. The maximum Gasteiger partial charge on any atom is 0.291 e. The maximum absolute atomic E-state index is 12.4. The van der Waals surface area contributed by atoms with E-state index in [0.29, 0.717) is 11.5 Å².